The average Bonchev–Trinajstić information content (AvgIpc) is 3.23. The van der Waals surface area contributed by atoms with Crippen molar-refractivity contribution in [3.63, 3.8) is 0 Å². The van der Waals surface area contributed by atoms with Crippen molar-refractivity contribution in [3.8, 4) is 11.3 Å². The first-order valence-electron chi connectivity index (χ1n) is 8.86. The van der Waals surface area contributed by atoms with Gasteiger partial charge in [-0.3, -0.25) is 19.7 Å². The molecule has 0 bridgehead atoms. The van der Waals surface area contributed by atoms with Crippen LogP contribution in [0, 0.1) is 0 Å². The zero-order chi connectivity index (χ0) is 18.4. The molecule has 0 saturated carbocycles. The van der Waals surface area contributed by atoms with Gasteiger partial charge in [-0.2, -0.15) is 0 Å². The van der Waals surface area contributed by atoms with Gasteiger partial charge in [0.2, 0.25) is 0 Å². The molecule has 134 valence electrons. The van der Waals surface area contributed by atoms with Crippen molar-refractivity contribution in [2.75, 3.05) is 13.1 Å². The number of likely N-dealkylation sites (tertiary alicyclic amines) is 1. The van der Waals surface area contributed by atoms with E-state index in [2.05, 4.69) is 52.1 Å². The highest BCUT2D eigenvalue weighted by atomic mass is 16.3. The Morgan fingerprint density at radius 3 is 2.42 bits per heavy atom. The van der Waals surface area contributed by atoms with Crippen LogP contribution >= 0.6 is 0 Å². The van der Waals surface area contributed by atoms with Crippen molar-refractivity contribution in [2.45, 2.75) is 25.8 Å². The first-order chi connectivity index (χ1) is 12.7. The lowest BCUT2D eigenvalue weighted by Crippen LogP contribution is -2.23. The van der Waals surface area contributed by atoms with Gasteiger partial charge in [-0.15, -0.1) is 0 Å². The number of fused-ring (bicyclic) bond motifs is 1. The smallest absolute Gasteiger partial charge is 0.290 e. The number of pyridine rings is 2. The molecular formula is C21H23N3O2. The minimum atomic E-state index is -0.250. The molecule has 3 heterocycles. The van der Waals surface area contributed by atoms with Crippen LogP contribution in [-0.2, 0) is 4.79 Å². The maximum absolute atomic E-state index is 8.36. The summed E-state index contributed by atoms with van der Waals surface area (Å²) in [5.41, 5.74) is 4.54. The van der Waals surface area contributed by atoms with E-state index in [9.17, 15) is 0 Å². The SMILES string of the molecule is CC(c1ccc(-c2nccc3ncccc23)cc1)N1CCCC1.O=CO. The summed E-state index contributed by atoms with van der Waals surface area (Å²) in [7, 11) is 0. The lowest BCUT2D eigenvalue weighted by molar-refractivity contribution is -0.122. The largest absolute Gasteiger partial charge is 0.483 e. The Hall–Kier alpha value is -2.79. The minimum absolute atomic E-state index is 0.250. The van der Waals surface area contributed by atoms with Crippen LogP contribution in [0.2, 0.25) is 0 Å². The molecule has 1 aliphatic rings. The molecule has 1 unspecified atom stereocenters. The van der Waals surface area contributed by atoms with Crippen LogP contribution in [0.1, 0.15) is 31.4 Å². The van der Waals surface area contributed by atoms with Crippen molar-refractivity contribution in [1.82, 2.24) is 14.9 Å². The van der Waals surface area contributed by atoms with Gasteiger partial charge in [0, 0.05) is 29.4 Å². The van der Waals surface area contributed by atoms with Crippen molar-refractivity contribution in [2.24, 2.45) is 0 Å². The quantitative estimate of drug-likeness (QED) is 0.719. The third-order valence-corrected chi connectivity index (χ3v) is 4.88. The molecule has 1 saturated heterocycles. The van der Waals surface area contributed by atoms with E-state index in [1.165, 1.54) is 31.5 Å². The average molecular weight is 349 g/mol. The standard InChI is InChI=1S/C20H21N3.CH2O2/c1-15(23-13-2-3-14-23)16-6-8-17(9-7-16)20-18-5-4-11-21-19(18)10-12-22-20;2-1-3/h4-12,15H,2-3,13-14H2,1H3;1H,(H,2,3). The monoisotopic (exact) mass is 349 g/mol. The van der Waals surface area contributed by atoms with Crippen molar-refractivity contribution in [3.05, 3.63) is 60.4 Å². The highest BCUT2D eigenvalue weighted by Gasteiger charge is 2.19. The van der Waals surface area contributed by atoms with E-state index in [4.69, 9.17) is 9.90 Å². The van der Waals surface area contributed by atoms with E-state index >= 15 is 0 Å². The van der Waals surface area contributed by atoms with E-state index in [1.54, 1.807) is 0 Å². The van der Waals surface area contributed by atoms with Crippen LogP contribution in [-0.4, -0.2) is 39.5 Å². The van der Waals surface area contributed by atoms with Gasteiger partial charge in [0.1, 0.15) is 0 Å². The molecule has 5 nitrogen and oxygen atoms in total. The molecule has 2 aromatic heterocycles. The highest BCUT2D eigenvalue weighted by Crippen LogP contribution is 2.29. The Kier molecular flexibility index (Phi) is 5.92. The third kappa shape index (κ3) is 3.89. The lowest BCUT2D eigenvalue weighted by atomic mass is 10.0. The molecule has 4 rings (SSSR count). The minimum Gasteiger partial charge on any atom is -0.483 e. The summed E-state index contributed by atoms with van der Waals surface area (Å²) in [5, 5.41) is 8.00. The topological polar surface area (TPSA) is 66.3 Å². The van der Waals surface area contributed by atoms with Gasteiger partial charge in [-0.25, -0.2) is 0 Å². The molecule has 26 heavy (non-hydrogen) atoms. The summed E-state index contributed by atoms with van der Waals surface area (Å²) in [5.74, 6) is 0. The van der Waals surface area contributed by atoms with Gasteiger partial charge >= 0.3 is 0 Å². The second-order valence-electron chi connectivity index (χ2n) is 6.38. The molecule has 0 radical (unpaired) electrons. The maximum Gasteiger partial charge on any atom is 0.290 e. The predicted octanol–water partition coefficient (Wildman–Crippen LogP) is 4.15. The van der Waals surface area contributed by atoms with Gasteiger partial charge in [-0.1, -0.05) is 24.3 Å². The third-order valence-electron chi connectivity index (χ3n) is 4.88. The second-order valence-corrected chi connectivity index (χ2v) is 6.38. The van der Waals surface area contributed by atoms with Gasteiger partial charge in [-0.05, 0) is 56.6 Å². The van der Waals surface area contributed by atoms with Crippen LogP contribution in [0.25, 0.3) is 22.2 Å². The Morgan fingerprint density at radius 1 is 1.04 bits per heavy atom. The first kappa shape index (κ1) is 18.0. The summed E-state index contributed by atoms with van der Waals surface area (Å²) < 4.78 is 0. The Balaban J connectivity index is 0.000000613. The normalized spacial score (nSPS) is 15.3. The first-order valence-corrected chi connectivity index (χ1v) is 8.86. The van der Waals surface area contributed by atoms with Gasteiger partial charge in [0.05, 0.1) is 11.2 Å². The van der Waals surface area contributed by atoms with Gasteiger partial charge in [0.25, 0.3) is 6.47 Å². The maximum atomic E-state index is 8.36. The summed E-state index contributed by atoms with van der Waals surface area (Å²) in [6, 6.07) is 15.4. The molecule has 0 aliphatic carbocycles. The number of carbonyl (C=O) groups is 1. The van der Waals surface area contributed by atoms with Crippen molar-refractivity contribution < 1.29 is 9.90 Å². The molecule has 5 heteroatoms. The Labute approximate surface area is 153 Å². The molecular weight excluding hydrogens is 326 g/mol. The zero-order valence-electron chi connectivity index (χ0n) is 14.9. The van der Waals surface area contributed by atoms with Gasteiger partial charge < -0.3 is 5.11 Å². The number of aromatic nitrogens is 2. The number of rotatable bonds is 3. The van der Waals surface area contributed by atoms with E-state index in [1.807, 2.05) is 24.5 Å². The van der Waals surface area contributed by atoms with Crippen LogP contribution in [0.4, 0.5) is 0 Å². The van der Waals surface area contributed by atoms with E-state index < -0.39 is 0 Å². The van der Waals surface area contributed by atoms with Crippen LogP contribution in [0.3, 0.4) is 0 Å². The summed E-state index contributed by atoms with van der Waals surface area (Å²) in [6.07, 6.45) is 6.32. The molecule has 1 aliphatic heterocycles. The summed E-state index contributed by atoms with van der Waals surface area (Å²) in [4.78, 5) is 19.9. The molecule has 1 aromatic carbocycles. The van der Waals surface area contributed by atoms with Crippen molar-refractivity contribution in [1.29, 1.82) is 0 Å². The predicted molar refractivity (Wildman–Crippen MR) is 103 cm³/mol. The number of carboxylic acid groups (broad SMARTS) is 1. The second kappa shape index (κ2) is 8.54. The Bertz CT molecular complexity index is 853. The summed E-state index contributed by atoms with van der Waals surface area (Å²) >= 11 is 0. The fraction of sp³-hybridized carbons (Fsp3) is 0.286. The van der Waals surface area contributed by atoms with Crippen molar-refractivity contribution >= 4 is 17.4 Å². The van der Waals surface area contributed by atoms with Gasteiger partial charge in [0.15, 0.2) is 0 Å². The molecule has 1 fully saturated rings. The van der Waals surface area contributed by atoms with E-state index in [0.717, 1.165) is 22.2 Å². The molecule has 1 N–H and O–H groups in total. The fourth-order valence-electron chi connectivity index (χ4n) is 3.49. The molecule has 3 aromatic rings. The Morgan fingerprint density at radius 2 is 1.73 bits per heavy atom. The molecule has 1 atom stereocenters. The highest BCUT2D eigenvalue weighted by molar-refractivity contribution is 5.91. The van der Waals surface area contributed by atoms with Crippen LogP contribution < -0.4 is 0 Å². The number of hydrogen-bond acceptors (Lipinski definition) is 4. The van der Waals surface area contributed by atoms with E-state index in [-0.39, 0.29) is 6.47 Å². The zero-order valence-corrected chi connectivity index (χ0v) is 14.9. The number of benzene rings is 1. The number of hydrogen-bond donors (Lipinski definition) is 1. The molecule has 0 amide bonds. The van der Waals surface area contributed by atoms with Crippen LogP contribution in [0.5, 0.6) is 0 Å². The number of nitrogens with zero attached hydrogens (tertiary/aromatic N) is 3. The fourth-order valence-corrected chi connectivity index (χ4v) is 3.49. The molecule has 0 spiro atoms. The lowest BCUT2D eigenvalue weighted by Gasteiger charge is -2.24. The van der Waals surface area contributed by atoms with Crippen LogP contribution in [0.15, 0.2) is 54.9 Å². The summed E-state index contributed by atoms with van der Waals surface area (Å²) in [6.45, 7) is 4.50. The van der Waals surface area contributed by atoms with E-state index in [0.29, 0.717) is 6.04 Å².